The van der Waals surface area contributed by atoms with Crippen LogP contribution in [0.2, 0.25) is 0 Å². The first-order valence-electron chi connectivity index (χ1n) is 7.55. The molecule has 2 heterocycles. The van der Waals surface area contributed by atoms with Gasteiger partial charge in [-0.15, -0.1) is 0 Å². The Bertz CT molecular complexity index is 852. The monoisotopic (exact) mass is 309 g/mol. The minimum Gasteiger partial charge on any atom is -0.489 e. The van der Waals surface area contributed by atoms with Crippen molar-refractivity contribution in [2.75, 3.05) is 5.32 Å². The Morgan fingerprint density at radius 1 is 1.26 bits per heavy atom. The molecule has 0 aliphatic rings. The fourth-order valence-electron chi connectivity index (χ4n) is 2.37. The van der Waals surface area contributed by atoms with Gasteiger partial charge in [0.25, 0.3) is 5.91 Å². The molecule has 0 aliphatic heterocycles. The average molecular weight is 309 g/mol. The number of nitrogens with zero attached hydrogens (tertiary/aromatic N) is 2. The number of para-hydroxylation sites is 2. The van der Waals surface area contributed by atoms with E-state index in [1.807, 2.05) is 61.8 Å². The van der Waals surface area contributed by atoms with Crippen molar-refractivity contribution >= 4 is 17.2 Å². The van der Waals surface area contributed by atoms with Gasteiger partial charge in [0.15, 0.2) is 0 Å². The van der Waals surface area contributed by atoms with Gasteiger partial charge in [0.2, 0.25) is 0 Å². The van der Waals surface area contributed by atoms with Crippen molar-refractivity contribution in [3.63, 3.8) is 0 Å². The van der Waals surface area contributed by atoms with Gasteiger partial charge in [-0.3, -0.25) is 4.79 Å². The van der Waals surface area contributed by atoms with E-state index in [4.69, 9.17) is 4.74 Å². The molecule has 0 atom stereocenters. The van der Waals surface area contributed by atoms with E-state index >= 15 is 0 Å². The van der Waals surface area contributed by atoms with E-state index in [0.29, 0.717) is 17.0 Å². The lowest BCUT2D eigenvalue weighted by atomic mass is 10.2. The number of anilines is 1. The molecule has 23 heavy (non-hydrogen) atoms. The van der Waals surface area contributed by atoms with Crippen LogP contribution < -0.4 is 10.1 Å². The van der Waals surface area contributed by atoms with Crippen molar-refractivity contribution in [1.82, 2.24) is 9.38 Å². The second kappa shape index (κ2) is 6.12. The van der Waals surface area contributed by atoms with Crippen molar-refractivity contribution in [2.45, 2.75) is 26.9 Å². The molecule has 0 saturated heterocycles. The van der Waals surface area contributed by atoms with Crippen molar-refractivity contribution in [3.05, 3.63) is 60.0 Å². The number of hydrogen-bond acceptors (Lipinski definition) is 3. The fraction of sp³-hybridized carbons (Fsp3) is 0.222. The molecule has 1 N–H and O–H groups in total. The van der Waals surface area contributed by atoms with Crippen molar-refractivity contribution in [3.8, 4) is 5.75 Å². The number of aromatic nitrogens is 2. The molecule has 0 fully saturated rings. The lowest BCUT2D eigenvalue weighted by Crippen LogP contribution is -2.14. The molecule has 5 heteroatoms. The van der Waals surface area contributed by atoms with E-state index in [-0.39, 0.29) is 12.0 Å². The first-order valence-corrected chi connectivity index (χ1v) is 7.55. The van der Waals surface area contributed by atoms with Crippen molar-refractivity contribution in [1.29, 1.82) is 0 Å². The molecule has 0 bridgehead atoms. The highest BCUT2D eigenvalue weighted by molar-refractivity contribution is 6.05. The van der Waals surface area contributed by atoms with Gasteiger partial charge in [0, 0.05) is 18.0 Å². The molecule has 5 nitrogen and oxygen atoms in total. The SMILES string of the molecule is Cc1cn2ccc(C(=O)Nc3ccccc3OC(C)C)cc2n1. The van der Waals surface area contributed by atoms with E-state index < -0.39 is 0 Å². The van der Waals surface area contributed by atoms with E-state index in [1.165, 1.54) is 0 Å². The molecular formula is C18H19N3O2. The predicted molar refractivity (Wildman–Crippen MR) is 90.1 cm³/mol. The number of amides is 1. The zero-order valence-electron chi connectivity index (χ0n) is 13.4. The Morgan fingerprint density at radius 2 is 2.04 bits per heavy atom. The van der Waals surface area contributed by atoms with Gasteiger partial charge in [0.05, 0.1) is 17.5 Å². The number of pyridine rings is 1. The van der Waals surface area contributed by atoms with Gasteiger partial charge in [-0.25, -0.2) is 4.98 Å². The summed E-state index contributed by atoms with van der Waals surface area (Å²) in [4.78, 5) is 16.9. The average Bonchev–Trinajstić information content (AvgIpc) is 2.87. The van der Waals surface area contributed by atoms with Gasteiger partial charge in [-0.2, -0.15) is 0 Å². The number of fused-ring (bicyclic) bond motifs is 1. The van der Waals surface area contributed by atoms with Crippen LogP contribution in [-0.2, 0) is 0 Å². The Balaban J connectivity index is 1.85. The smallest absolute Gasteiger partial charge is 0.255 e. The molecule has 3 aromatic rings. The molecular weight excluding hydrogens is 290 g/mol. The minimum atomic E-state index is -0.187. The van der Waals surface area contributed by atoms with Crippen LogP contribution in [-0.4, -0.2) is 21.4 Å². The van der Waals surface area contributed by atoms with Gasteiger partial charge in [-0.05, 0) is 45.0 Å². The number of rotatable bonds is 4. The number of imidazole rings is 1. The van der Waals surface area contributed by atoms with E-state index in [9.17, 15) is 4.79 Å². The topological polar surface area (TPSA) is 55.6 Å². The maximum atomic E-state index is 12.5. The summed E-state index contributed by atoms with van der Waals surface area (Å²) in [7, 11) is 0. The second-order valence-electron chi connectivity index (χ2n) is 5.68. The summed E-state index contributed by atoms with van der Waals surface area (Å²) in [6.07, 6.45) is 3.79. The van der Waals surface area contributed by atoms with E-state index in [0.717, 1.165) is 11.3 Å². The van der Waals surface area contributed by atoms with Crippen LogP contribution in [0.5, 0.6) is 5.75 Å². The lowest BCUT2D eigenvalue weighted by Gasteiger charge is -2.14. The zero-order valence-corrected chi connectivity index (χ0v) is 13.4. The Labute approximate surface area is 134 Å². The summed E-state index contributed by atoms with van der Waals surface area (Å²) in [6.45, 7) is 5.83. The number of hydrogen-bond donors (Lipinski definition) is 1. The normalized spacial score (nSPS) is 11.0. The van der Waals surface area contributed by atoms with E-state index in [2.05, 4.69) is 10.3 Å². The Hall–Kier alpha value is -2.82. The first-order chi connectivity index (χ1) is 11.0. The van der Waals surface area contributed by atoms with Crippen LogP contribution in [0.1, 0.15) is 29.9 Å². The summed E-state index contributed by atoms with van der Waals surface area (Å²) in [5.41, 5.74) is 2.88. The van der Waals surface area contributed by atoms with Crippen molar-refractivity contribution < 1.29 is 9.53 Å². The Kier molecular flexibility index (Phi) is 4.02. The number of ether oxygens (including phenoxy) is 1. The molecule has 1 amide bonds. The van der Waals surface area contributed by atoms with E-state index in [1.54, 1.807) is 12.1 Å². The maximum absolute atomic E-state index is 12.5. The molecule has 1 aromatic carbocycles. The van der Waals surface area contributed by atoms with Crippen LogP contribution >= 0.6 is 0 Å². The number of carbonyl (C=O) groups excluding carboxylic acids is 1. The molecule has 0 saturated carbocycles. The third-order valence-corrected chi connectivity index (χ3v) is 3.34. The maximum Gasteiger partial charge on any atom is 0.255 e. The van der Waals surface area contributed by atoms with Gasteiger partial charge < -0.3 is 14.5 Å². The summed E-state index contributed by atoms with van der Waals surface area (Å²) >= 11 is 0. The number of aryl methyl sites for hydroxylation is 1. The second-order valence-corrected chi connectivity index (χ2v) is 5.68. The van der Waals surface area contributed by atoms with Gasteiger partial charge in [0.1, 0.15) is 11.4 Å². The van der Waals surface area contributed by atoms with Crippen LogP contribution in [0.25, 0.3) is 5.65 Å². The van der Waals surface area contributed by atoms with Crippen LogP contribution in [0.15, 0.2) is 48.8 Å². The standard InChI is InChI=1S/C18H19N3O2/c1-12(2)23-16-7-5-4-6-15(16)20-18(22)14-8-9-21-11-13(3)19-17(21)10-14/h4-12H,1-3H3,(H,20,22). The summed E-state index contributed by atoms with van der Waals surface area (Å²) in [5.74, 6) is 0.474. The van der Waals surface area contributed by atoms with Gasteiger partial charge >= 0.3 is 0 Å². The zero-order chi connectivity index (χ0) is 16.4. The molecule has 3 rings (SSSR count). The summed E-state index contributed by atoms with van der Waals surface area (Å²) in [6, 6.07) is 11.0. The van der Waals surface area contributed by atoms with Crippen LogP contribution in [0, 0.1) is 6.92 Å². The fourth-order valence-corrected chi connectivity index (χ4v) is 2.37. The molecule has 0 unspecified atom stereocenters. The largest absolute Gasteiger partial charge is 0.489 e. The highest BCUT2D eigenvalue weighted by atomic mass is 16.5. The number of benzene rings is 1. The molecule has 0 aliphatic carbocycles. The number of carbonyl (C=O) groups is 1. The van der Waals surface area contributed by atoms with Gasteiger partial charge in [-0.1, -0.05) is 12.1 Å². The highest BCUT2D eigenvalue weighted by Crippen LogP contribution is 2.25. The molecule has 0 spiro atoms. The third kappa shape index (κ3) is 3.34. The first kappa shape index (κ1) is 15.1. The minimum absolute atomic E-state index is 0.0392. The van der Waals surface area contributed by atoms with Crippen LogP contribution in [0.4, 0.5) is 5.69 Å². The van der Waals surface area contributed by atoms with Crippen LogP contribution in [0.3, 0.4) is 0 Å². The quantitative estimate of drug-likeness (QED) is 0.800. The van der Waals surface area contributed by atoms with Crippen molar-refractivity contribution in [2.24, 2.45) is 0 Å². The summed E-state index contributed by atoms with van der Waals surface area (Å²) in [5, 5.41) is 2.90. The number of nitrogens with one attached hydrogen (secondary N) is 1. The molecule has 0 radical (unpaired) electrons. The third-order valence-electron chi connectivity index (χ3n) is 3.34. The summed E-state index contributed by atoms with van der Waals surface area (Å²) < 4.78 is 7.62. The predicted octanol–water partition coefficient (Wildman–Crippen LogP) is 3.68. The lowest BCUT2D eigenvalue weighted by molar-refractivity contribution is 0.102. The Morgan fingerprint density at radius 3 is 2.83 bits per heavy atom. The highest BCUT2D eigenvalue weighted by Gasteiger charge is 2.11. The molecule has 118 valence electrons. The molecule has 2 aromatic heterocycles.